The molecular weight excluding hydrogens is 264 g/mol. The lowest BCUT2D eigenvalue weighted by molar-refractivity contribution is -0.135. The van der Waals surface area contributed by atoms with Crippen molar-refractivity contribution in [3.8, 4) is 0 Å². The van der Waals surface area contributed by atoms with Gasteiger partial charge in [0.2, 0.25) is 5.91 Å². The monoisotopic (exact) mass is 290 g/mol. The maximum absolute atomic E-state index is 12.6. The summed E-state index contributed by atoms with van der Waals surface area (Å²) in [5.74, 6) is 0.749. The summed E-state index contributed by atoms with van der Waals surface area (Å²) in [6.07, 6.45) is 4.67. The lowest BCUT2D eigenvalue weighted by Gasteiger charge is -2.38. The average molecular weight is 291 g/mol. The second-order valence-electron chi connectivity index (χ2n) is 6.38. The van der Waals surface area contributed by atoms with E-state index in [1.165, 1.54) is 19.3 Å². The van der Waals surface area contributed by atoms with E-state index in [2.05, 4.69) is 10.6 Å². The third-order valence-corrected chi connectivity index (χ3v) is 4.72. The van der Waals surface area contributed by atoms with E-state index in [-0.39, 0.29) is 29.3 Å². The molecule has 4 nitrogen and oxygen atoms in total. The van der Waals surface area contributed by atoms with E-state index in [9.17, 15) is 4.79 Å². The van der Waals surface area contributed by atoms with Gasteiger partial charge in [-0.2, -0.15) is 0 Å². The van der Waals surface area contributed by atoms with E-state index in [1.807, 2.05) is 13.8 Å². The second kappa shape index (κ2) is 6.42. The molecule has 0 radical (unpaired) electrons. The standard InChI is InChI=1S/C14H26N2O2.ClH/c1-13(2,18-3)9-16-12(17)14-7-5-4-6-11(14)8-15-10-14;/h11,15H,4-10H2,1-3H3,(H,16,17);1H/t11-,14+;/m0./s1. The number of nitrogens with one attached hydrogen (secondary N) is 2. The summed E-state index contributed by atoms with van der Waals surface area (Å²) in [7, 11) is 1.69. The number of halogens is 1. The minimum atomic E-state index is -0.289. The van der Waals surface area contributed by atoms with Gasteiger partial charge in [0.05, 0.1) is 11.0 Å². The molecule has 1 saturated carbocycles. The highest BCUT2D eigenvalue weighted by atomic mass is 35.5. The Morgan fingerprint density at radius 2 is 2.21 bits per heavy atom. The summed E-state index contributed by atoms with van der Waals surface area (Å²) in [6, 6.07) is 0. The smallest absolute Gasteiger partial charge is 0.227 e. The van der Waals surface area contributed by atoms with E-state index in [0.717, 1.165) is 19.5 Å². The van der Waals surface area contributed by atoms with Crippen molar-refractivity contribution in [3.63, 3.8) is 0 Å². The third kappa shape index (κ3) is 3.41. The molecule has 0 spiro atoms. The molecule has 1 saturated heterocycles. The molecule has 2 N–H and O–H groups in total. The molecule has 5 heteroatoms. The average Bonchev–Trinajstić information content (AvgIpc) is 2.81. The van der Waals surface area contributed by atoms with Crippen LogP contribution in [0.1, 0.15) is 39.5 Å². The molecule has 2 aliphatic rings. The van der Waals surface area contributed by atoms with Gasteiger partial charge in [0.25, 0.3) is 0 Å². The van der Waals surface area contributed by atoms with Gasteiger partial charge in [0.15, 0.2) is 0 Å². The first-order chi connectivity index (χ1) is 8.50. The number of methoxy groups -OCH3 is 1. The van der Waals surface area contributed by atoms with Crippen molar-refractivity contribution in [2.24, 2.45) is 11.3 Å². The predicted molar refractivity (Wildman–Crippen MR) is 78.6 cm³/mol. The summed E-state index contributed by atoms with van der Waals surface area (Å²) in [6.45, 7) is 6.42. The molecule has 1 amide bonds. The molecule has 1 heterocycles. The Hall–Kier alpha value is -0.320. The molecule has 0 aromatic carbocycles. The first-order valence-electron chi connectivity index (χ1n) is 7.04. The Balaban J connectivity index is 0.00000180. The fourth-order valence-corrected chi connectivity index (χ4v) is 3.23. The number of carbonyl (C=O) groups is 1. The minimum Gasteiger partial charge on any atom is -0.377 e. The van der Waals surface area contributed by atoms with Gasteiger partial charge in [-0.3, -0.25) is 4.79 Å². The SMILES string of the molecule is COC(C)(C)CNC(=O)[C@@]12CCCC[C@H]1CNC2.Cl. The highest BCUT2D eigenvalue weighted by Crippen LogP contribution is 2.43. The molecule has 0 aromatic heterocycles. The predicted octanol–water partition coefficient (Wildman–Crippen LogP) is 1.73. The summed E-state index contributed by atoms with van der Waals surface area (Å²) in [5, 5.41) is 6.51. The fourth-order valence-electron chi connectivity index (χ4n) is 3.23. The van der Waals surface area contributed by atoms with Crippen LogP contribution in [-0.2, 0) is 9.53 Å². The van der Waals surface area contributed by atoms with Crippen LogP contribution >= 0.6 is 12.4 Å². The molecule has 19 heavy (non-hydrogen) atoms. The summed E-state index contributed by atoms with van der Waals surface area (Å²) < 4.78 is 5.35. The lowest BCUT2D eigenvalue weighted by atomic mass is 9.67. The summed E-state index contributed by atoms with van der Waals surface area (Å²) in [5.41, 5.74) is -0.440. The zero-order valence-electron chi connectivity index (χ0n) is 12.3. The molecule has 2 atom stereocenters. The van der Waals surface area contributed by atoms with E-state index in [1.54, 1.807) is 7.11 Å². The Morgan fingerprint density at radius 1 is 1.47 bits per heavy atom. The number of fused-ring (bicyclic) bond motifs is 1. The fraction of sp³-hybridized carbons (Fsp3) is 0.929. The summed E-state index contributed by atoms with van der Waals surface area (Å²) in [4.78, 5) is 12.6. The lowest BCUT2D eigenvalue weighted by Crippen LogP contribution is -2.51. The van der Waals surface area contributed by atoms with Gasteiger partial charge in [-0.25, -0.2) is 0 Å². The zero-order chi connectivity index (χ0) is 13.2. The van der Waals surface area contributed by atoms with Gasteiger partial charge < -0.3 is 15.4 Å². The number of carbonyl (C=O) groups excluding carboxylic acids is 1. The van der Waals surface area contributed by atoms with Crippen molar-refractivity contribution < 1.29 is 9.53 Å². The normalized spacial score (nSPS) is 30.4. The van der Waals surface area contributed by atoms with Crippen LogP contribution in [0.5, 0.6) is 0 Å². The van der Waals surface area contributed by atoms with E-state index >= 15 is 0 Å². The maximum atomic E-state index is 12.6. The van der Waals surface area contributed by atoms with Crippen LogP contribution in [0, 0.1) is 11.3 Å². The van der Waals surface area contributed by atoms with Crippen molar-refractivity contribution in [1.82, 2.24) is 10.6 Å². The van der Waals surface area contributed by atoms with Gasteiger partial charge in [0.1, 0.15) is 0 Å². The number of rotatable bonds is 4. The Kier molecular flexibility index (Phi) is 5.65. The molecule has 112 valence electrons. The number of hydrogen-bond donors (Lipinski definition) is 2. The van der Waals surface area contributed by atoms with Crippen LogP contribution in [0.15, 0.2) is 0 Å². The Bertz CT molecular complexity index is 323. The minimum absolute atomic E-state index is 0. The topological polar surface area (TPSA) is 50.4 Å². The van der Waals surface area contributed by atoms with Crippen LogP contribution < -0.4 is 10.6 Å². The van der Waals surface area contributed by atoms with Crippen molar-refractivity contribution in [3.05, 3.63) is 0 Å². The largest absolute Gasteiger partial charge is 0.377 e. The third-order valence-electron chi connectivity index (χ3n) is 4.72. The van der Waals surface area contributed by atoms with Crippen LogP contribution in [0.2, 0.25) is 0 Å². The molecule has 0 aromatic rings. The zero-order valence-corrected chi connectivity index (χ0v) is 13.1. The summed E-state index contributed by atoms with van der Waals surface area (Å²) >= 11 is 0. The van der Waals surface area contributed by atoms with E-state index < -0.39 is 0 Å². The van der Waals surface area contributed by atoms with Gasteiger partial charge in [-0.15, -0.1) is 12.4 Å². The van der Waals surface area contributed by atoms with Crippen molar-refractivity contribution in [2.75, 3.05) is 26.7 Å². The van der Waals surface area contributed by atoms with Crippen LogP contribution in [0.25, 0.3) is 0 Å². The number of ether oxygens (including phenoxy) is 1. The van der Waals surface area contributed by atoms with Crippen molar-refractivity contribution >= 4 is 18.3 Å². The highest BCUT2D eigenvalue weighted by molar-refractivity contribution is 5.85. The van der Waals surface area contributed by atoms with Crippen molar-refractivity contribution in [1.29, 1.82) is 0 Å². The van der Waals surface area contributed by atoms with Crippen LogP contribution in [0.3, 0.4) is 0 Å². The van der Waals surface area contributed by atoms with E-state index in [4.69, 9.17) is 4.74 Å². The van der Waals surface area contributed by atoms with Crippen LogP contribution in [-0.4, -0.2) is 38.3 Å². The first kappa shape index (κ1) is 16.7. The quantitative estimate of drug-likeness (QED) is 0.829. The van der Waals surface area contributed by atoms with Gasteiger partial charge >= 0.3 is 0 Å². The first-order valence-corrected chi connectivity index (χ1v) is 7.04. The molecule has 2 fully saturated rings. The molecular formula is C14H27ClN2O2. The Morgan fingerprint density at radius 3 is 2.89 bits per heavy atom. The van der Waals surface area contributed by atoms with Crippen LogP contribution in [0.4, 0.5) is 0 Å². The van der Waals surface area contributed by atoms with Gasteiger partial charge in [-0.05, 0) is 39.2 Å². The molecule has 0 unspecified atom stereocenters. The number of amides is 1. The van der Waals surface area contributed by atoms with Crippen molar-refractivity contribution in [2.45, 2.75) is 45.1 Å². The molecule has 0 bridgehead atoms. The van der Waals surface area contributed by atoms with Gasteiger partial charge in [-0.1, -0.05) is 12.8 Å². The molecule has 2 rings (SSSR count). The molecule has 1 aliphatic carbocycles. The highest BCUT2D eigenvalue weighted by Gasteiger charge is 2.49. The Labute approximate surface area is 122 Å². The second-order valence-corrected chi connectivity index (χ2v) is 6.38. The van der Waals surface area contributed by atoms with Gasteiger partial charge in [0, 0.05) is 20.2 Å². The maximum Gasteiger partial charge on any atom is 0.227 e. The molecule has 1 aliphatic heterocycles. The number of hydrogen-bond acceptors (Lipinski definition) is 3. The van der Waals surface area contributed by atoms with E-state index in [0.29, 0.717) is 12.5 Å².